The van der Waals surface area contributed by atoms with Crippen molar-refractivity contribution < 1.29 is 19.1 Å². The Balaban J connectivity index is 2.90. The number of rotatable bonds is 5. The summed E-state index contributed by atoms with van der Waals surface area (Å²) in [5.41, 5.74) is 4.83. The fourth-order valence-corrected chi connectivity index (χ4v) is 2.51. The summed E-state index contributed by atoms with van der Waals surface area (Å²) < 4.78 is 9.97. The first-order chi connectivity index (χ1) is 9.35. The van der Waals surface area contributed by atoms with E-state index in [2.05, 4.69) is 5.32 Å². The Morgan fingerprint density at radius 3 is 2.30 bits per heavy atom. The third-order valence-corrected chi connectivity index (χ3v) is 4.05. The van der Waals surface area contributed by atoms with Gasteiger partial charge in [0, 0.05) is 13.2 Å². The van der Waals surface area contributed by atoms with E-state index < -0.39 is 17.4 Å². The van der Waals surface area contributed by atoms with Crippen LogP contribution in [0.4, 0.5) is 0 Å². The number of nitrogens with two attached hydrogens (primary N) is 1. The maximum Gasteiger partial charge on any atom is 0.328 e. The molecule has 3 N–H and O–H groups in total. The minimum absolute atomic E-state index is 0.0883. The molecule has 1 saturated heterocycles. The molecule has 1 unspecified atom stereocenters. The highest BCUT2D eigenvalue weighted by molar-refractivity contribution is 7.80. The van der Waals surface area contributed by atoms with Gasteiger partial charge in [0.25, 0.3) is 0 Å². The third kappa shape index (κ3) is 3.46. The number of hydrogen-bond acceptors (Lipinski definition) is 5. The van der Waals surface area contributed by atoms with Crippen LogP contribution in [-0.2, 0) is 19.1 Å². The number of carbonyl (C=O) groups excluding carboxylic acids is 2. The number of hydrogen-bond donors (Lipinski definition) is 2. The summed E-state index contributed by atoms with van der Waals surface area (Å²) in [4.78, 5) is 24.4. The van der Waals surface area contributed by atoms with Crippen molar-refractivity contribution in [3.8, 4) is 0 Å². The molecule has 1 amide bonds. The molecule has 0 radical (unpaired) electrons. The lowest BCUT2D eigenvalue weighted by Crippen LogP contribution is -2.56. The van der Waals surface area contributed by atoms with Crippen LogP contribution >= 0.6 is 12.2 Å². The van der Waals surface area contributed by atoms with E-state index >= 15 is 0 Å². The molecule has 1 fully saturated rings. The zero-order valence-electron chi connectivity index (χ0n) is 12.1. The van der Waals surface area contributed by atoms with Crippen LogP contribution in [-0.4, -0.2) is 43.2 Å². The molecule has 0 aliphatic carbocycles. The van der Waals surface area contributed by atoms with Gasteiger partial charge in [-0.25, -0.2) is 4.79 Å². The SMILES string of the molecule is COC(=O)C(NC(=O)C1(C(N)=S)CCOCC1)C(C)C. The van der Waals surface area contributed by atoms with E-state index in [4.69, 9.17) is 27.4 Å². The second kappa shape index (κ2) is 6.99. The van der Waals surface area contributed by atoms with E-state index in [0.29, 0.717) is 26.1 Å². The molecule has 0 aromatic carbocycles. The fraction of sp³-hybridized carbons (Fsp3) is 0.769. The number of methoxy groups -OCH3 is 1. The summed E-state index contributed by atoms with van der Waals surface area (Å²) in [6, 6.07) is -0.707. The number of esters is 1. The summed E-state index contributed by atoms with van der Waals surface area (Å²) in [6.45, 7) is 4.52. The first kappa shape index (κ1) is 16.8. The average molecular weight is 302 g/mol. The van der Waals surface area contributed by atoms with Crippen molar-refractivity contribution in [3.05, 3.63) is 0 Å². The van der Waals surface area contributed by atoms with Crippen LogP contribution in [0.3, 0.4) is 0 Å². The molecule has 1 atom stereocenters. The molecule has 1 aliphatic rings. The molecule has 114 valence electrons. The van der Waals surface area contributed by atoms with Gasteiger partial charge in [0.1, 0.15) is 11.5 Å². The van der Waals surface area contributed by atoms with E-state index in [9.17, 15) is 9.59 Å². The average Bonchev–Trinajstić information content (AvgIpc) is 2.43. The van der Waals surface area contributed by atoms with Gasteiger partial charge in [-0.3, -0.25) is 4.79 Å². The van der Waals surface area contributed by atoms with E-state index in [-0.39, 0.29) is 16.8 Å². The van der Waals surface area contributed by atoms with Crippen LogP contribution in [0, 0.1) is 11.3 Å². The maximum atomic E-state index is 12.6. The molecular weight excluding hydrogens is 280 g/mol. The number of nitrogens with one attached hydrogen (secondary N) is 1. The van der Waals surface area contributed by atoms with Crippen molar-refractivity contribution >= 4 is 29.1 Å². The predicted molar refractivity (Wildman–Crippen MR) is 78.1 cm³/mol. The molecular formula is C13H22N2O4S. The summed E-state index contributed by atoms with van der Waals surface area (Å²) in [7, 11) is 1.29. The molecule has 7 heteroatoms. The number of carbonyl (C=O) groups is 2. The Morgan fingerprint density at radius 1 is 1.35 bits per heavy atom. The molecule has 20 heavy (non-hydrogen) atoms. The van der Waals surface area contributed by atoms with Gasteiger partial charge in [0.15, 0.2) is 0 Å². The zero-order valence-corrected chi connectivity index (χ0v) is 12.9. The van der Waals surface area contributed by atoms with Crippen LogP contribution in [0.1, 0.15) is 26.7 Å². The number of thiocarbonyl (C=S) groups is 1. The predicted octanol–water partition coefficient (Wildman–Crippen LogP) is 0.383. The lowest BCUT2D eigenvalue weighted by molar-refractivity contribution is -0.148. The van der Waals surface area contributed by atoms with Gasteiger partial charge in [0.2, 0.25) is 5.91 Å². The van der Waals surface area contributed by atoms with Crippen LogP contribution in [0.5, 0.6) is 0 Å². The molecule has 0 aromatic rings. The molecule has 0 bridgehead atoms. The maximum absolute atomic E-state index is 12.6. The lowest BCUT2D eigenvalue weighted by Gasteiger charge is -2.36. The molecule has 1 rings (SSSR count). The van der Waals surface area contributed by atoms with Gasteiger partial charge >= 0.3 is 5.97 Å². The normalized spacial score (nSPS) is 19.2. The largest absolute Gasteiger partial charge is 0.467 e. The Labute approximate surface area is 124 Å². The van der Waals surface area contributed by atoms with Gasteiger partial charge in [0.05, 0.1) is 12.1 Å². The monoisotopic (exact) mass is 302 g/mol. The van der Waals surface area contributed by atoms with Crippen LogP contribution in [0.2, 0.25) is 0 Å². The van der Waals surface area contributed by atoms with Crippen molar-refractivity contribution in [2.75, 3.05) is 20.3 Å². The highest BCUT2D eigenvalue weighted by atomic mass is 32.1. The van der Waals surface area contributed by atoms with Gasteiger partial charge < -0.3 is 20.5 Å². The first-order valence-electron chi connectivity index (χ1n) is 6.61. The van der Waals surface area contributed by atoms with E-state index in [0.717, 1.165) is 0 Å². The Hall–Kier alpha value is -1.21. The van der Waals surface area contributed by atoms with Crippen LogP contribution in [0.15, 0.2) is 0 Å². The van der Waals surface area contributed by atoms with Gasteiger partial charge in [-0.2, -0.15) is 0 Å². The summed E-state index contributed by atoms with van der Waals surface area (Å²) in [6.07, 6.45) is 0.861. The quantitative estimate of drug-likeness (QED) is 0.564. The molecule has 1 heterocycles. The number of ether oxygens (including phenoxy) is 2. The van der Waals surface area contributed by atoms with Gasteiger partial charge in [-0.1, -0.05) is 26.1 Å². The molecule has 1 aliphatic heterocycles. The second-order valence-electron chi connectivity index (χ2n) is 5.28. The van der Waals surface area contributed by atoms with Crippen molar-refractivity contribution in [1.82, 2.24) is 5.32 Å². The topological polar surface area (TPSA) is 90.7 Å². The van der Waals surface area contributed by atoms with E-state index in [1.807, 2.05) is 13.8 Å². The van der Waals surface area contributed by atoms with Gasteiger partial charge in [-0.15, -0.1) is 0 Å². The summed E-state index contributed by atoms with van der Waals surface area (Å²) in [5.74, 6) is -0.884. The minimum Gasteiger partial charge on any atom is -0.467 e. The number of amides is 1. The van der Waals surface area contributed by atoms with Gasteiger partial charge in [-0.05, 0) is 18.8 Å². The lowest BCUT2D eigenvalue weighted by atomic mass is 9.78. The highest BCUT2D eigenvalue weighted by Crippen LogP contribution is 2.31. The van der Waals surface area contributed by atoms with Crippen LogP contribution in [0.25, 0.3) is 0 Å². The molecule has 0 spiro atoms. The van der Waals surface area contributed by atoms with Crippen molar-refractivity contribution in [1.29, 1.82) is 0 Å². The smallest absolute Gasteiger partial charge is 0.328 e. The van der Waals surface area contributed by atoms with Crippen LogP contribution < -0.4 is 11.1 Å². The fourth-order valence-electron chi connectivity index (χ4n) is 2.21. The van der Waals surface area contributed by atoms with Crippen molar-refractivity contribution in [3.63, 3.8) is 0 Å². The Kier molecular flexibility index (Phi) is 5.88. The molecule has 0 saturated carbocycles. The minimum atomic E-state index is -0.936. The summed E-state index contributed by atoms with van der Waals surface area (Å²) in [5, 5.41) is 2.72. The van der Waals surface area contributed by atoms with Crippen molar-refractivity contribution in [2.24, 2.45) is 17.1 Å². The zero-order chi connectivity index (χ0) is 15.3. The van der Waals surface area contributed by atoms with E-state index in [1.165, 1.54) is 7.11 Å². The Morgan fingerprint density at radius 2 is 1.90 bits per heavy atom. The molecule has 0 aromatic heterocycles. The molecule has 6 nitrogen and oxygen atoms in total. The standard InChI is InChI=1S/C13H22N2O4S/c1-8(2)9(10(16)18-3)15-12(17)13(11(14)20)4-6-19-7-5-13/h8-9H,4-7H2,1-3H3,(H2,14,20)(H,15,17). The van der Waals surface area contributed by atoms with E-state index in [1.54, 1.807) is 0 Å². The Bertz CT molecular complexity index is 392. The highest BCUT2D eigenvalue weighted by Gasteiger charge is 2.44. The first-order valence-corrected chi connectivity index (χ1v) is 7.02. The van der Waals surface area contributed by atoms with Crippen molar-refractivity contribution in [2.45, 2.75) is 32.7 Å². The summed E-state index contributed by atoms with van der Waals surface area (Å²) >= 11 is 5.06. The third-order valence-electron chi connectivity index (χ3n) is 3.66. The second-order valence-corrected chi connectivity index (χ2v) is 5.72.